The number of carbonyl (C=O) groups excluding carboxylic acids is 1. The first-order valence-corrected chi connectivity index (χ1v) is 11.6. The topological polar surface area (TPSA) is 114 Å². The van der Waals surface area contributed by atoms with Gasteiger partial charge >= 0.3 is 0 Å². The second-order valence-corrected chi connectivity index (χ2v) is 8.68. The van der Waals surface area contributed by atoms with Crippen molar-refractivity contribution < 1.29 is 18.5 Å². The normalized spacial score (nSPS) is 13.1. The second kappa shape index (κ2) is 9.70. The summed E-state index contributed by atoms with van der Waals surface area (Å²) in [5, 5.41) is 17.1. The number of rotatable bonds is 5. The first kappa shape index (κ1) is 23.4. The highest BCUT2D eigenvalue weighted by Crippen LogP contribution is 2.32. The van der Waals surface area contributed by atoms with Crippen molar-refractivity contribution in [3.8, 4) is 11.5 Å². The highest BCUT2D eigenvalue weighted by Gasteiger charge is 2.24. The molecule has 5 rings (SSSR count). The zero-order valence-corrected chi connectivity index (χ0v) is 19.7. The molecule has 0 saturated carbocycles. The van der Waals surface area contributed by atoms with Crippen molar-refractivity contribution >= 4 is 51.4 Å². The molecule has 4 aromatic rings. The van der Waals surface area contributed by atoms with Gasteiger partial charge in [0.05, 0.1) is 4.92 Å². The summed E-state index contributed by atoms with van der Waals surface area (Å²) in [6, 6.07) is 15.4. The van der Waals surface area contributed by atoms with Crippen LogP contribution in [-0.4, -0.2) is 34.0 Å². The van der Waals surface area contributed by atoms with Crippen LogP contribution in [0, 0.1) is 15.9 Å². The van der Waals surface area contributed by atoms with Gasteiger partial charge in [-0.25, -0.2) is 9.37 Å². The molecule has 1 aliphatic heterocycles. The Morgan fingerprint density at radius 1 is 1.11 bits per heavy atom. The average molecular weight is 506 g/mol. The number of thiocarbonyl (C=S) groups is 1. The fourth-order valence-corrected chi connectivity index (χ4v) is 4.33. The molecule has 0 spiro atoms. The van der Waals surface area contributed by atoms with E-state index in [2.05, 4.69) is 15.6 Å². The summed E-state index contributed by atoms with van der Waals surface area (Å²) in [7, 11) is 0. The van der Waals surface area contributed by atoms with Gasteiger partial charge in [-0.15, -0.1) is 0 Å². The summed E-state index contributed by atoms with van der Waals surface area (Å²) in [6.45, 7) is 1.50. The number of fused-ring (bicyclic) bond motifs is 1. The Bertz CT molecular complexity index is 1500. The molecule has 11 heteroatoms. The lowest BCUT2D eigenvalue weighted by atomic mass is 10.1. The SMILES string of the molecule is O=C(NC(=S)Nc1ccc2oc(-c3cccc(F)c3)nc2c1)c1ccc(N2CCCC2)c([N+](=O)[O-])c1. The van der Waals surface area contributed by atoms with E-state index in [1.165, 1.54) is 18.2 Å². The van der Waals surface area contributed by atoms with Crippen molar-refractivity contribution in [3.63, 3.8) is 0 Å². The Morgan fingerprint density at radius 3 is 2.67 bits per heavy atom. The molecule has 182 valence electrons. The summed E-state index contributed by atoms with van der Waals surface area (Å²) < 4.78 is 19.2. The van der Waals surface area contributed by atoms with Crippen LogP contribution >= 0.6 is 12.2 Å². The maximum Gasteiger partial charge on any atom is 0.293 e. The molecule has 36 heavy (non-hydrogen) atoms. The maximum atomic E-state index is 13.5. The standard InChI is InChI=1S/C25H20FN5O4S/c26-17-5-3-4-16(12-17)24-28-19-14-18(7-9-22(19)35-24)27-25(36)29-23(32)15-6-8-20(21(13-15)31(33)34)30-10-1-2-11-30/h3-9,12-14H,1-2,10-11H2,(H2,27,29,32,36). The summed E-state index contributed by atoms with van der Waals surface area (Å²) in [6.07, 6.45) is 1.96. The number of anilines is 2. The molecule has 1 saturated heterocycles. The van der Waals surface area contributed by atoms with E-state index in [1.807, 2.05) is 4.90 Å². The van der Waals surface area contributed by atoms with Gasteiger partial charge in [0.1, 0.15) is 17.0 Å². The highest BCUT2D eigenvalue weighted by atomic mass is 32.1. The van der Waals surface area contributed by atoms with E-state index in [4.69, 9.17) is 16.6 Å². The molecule has 3 aromatic carbocycles. The molecule has 1 fully saturated rings. The molecular formula is C25H20FN5O4S. The molecular weight excluding hydrogens is 485 g/mol. The quantitative estimate of drug-likeness (QED) is 0.214. The van der Waals surface area contributed by atoms with E-state index in [9.17, 15) is 19.3 Å². The Labute approximate surface area is 210 Å². The Morgan fingerprint density at radius 2 is 1.92 bits per heavy atom. The fraction of sp³-hybridized carbons (Fsp3) is 0.160. The molecule has 0 aliphatic carbocycles. The summed E-state index contributed by atoms with van der Waals surface area (Å²) >= 11 is 5.26. The molecule has 1 aromatic heterocycles. The molecule has 1 aliphatic rings. The highest BCUT2D eigenvalue weighted by molar-refractivity contribution is 7.80. The molecule has 2 N–H and O–H groups in total. The van der Waals surface area contributed by atoms with Gasteiger partial charge in [-0.3, -0.25) is 20.2 Å². The molecule has 0 radical (unpaired) electrons. The van der Waals surface area contributed by atoms with Crippen LogP contribution in [0.15, 0.2) is 65.1 Å². The third-order valence-electron chi connectivity index (χ3n) is 5.83. The number of hydrogen-bond donors (Lipinski definition) is 2. The Kier molecular flexibility index (Phi) is 6.30. The lowest BCUT2D eigenvalue weighted by molar-refractivity contribution is -0.384. The zero-order chi connectivity index (χ0) is 25.2. The van der Waals surface area contributed by atoms with Crippen LogP contribution in [0.2, 0.25) is 0 Å². The van der Waals surface area contributed by atoms with Crippen LogP contribution < -0.4 is 15.5 Å². The summed E-state index contributed by atoms with van der Waals surface area (Å²) in [4.78, 5) is 30.2. The van der Waals surface area contributed by atoms with Gasteiger partial charge in [-0.1, -0.05) is 6.07 Å². The number of nitro groups is 1. The number of nitrogens with zero attached hydrogens (tertiary/aromatic N) is 3. The van der Waals surface area contributed by atoms with Crippen molar-refractivity contribution in [3.05, 3.63) is 82.2 Å². The van der Waals surface area contributed by atoms with Crippen LogP contribution in [0.5, 0.6) is 0 Å². The van der Waals surface area contributed by atoms with Crippen LogP contribution in [0.3, 0.4) is 0 Å². The lowest BCUT2D eigenvalue weighted by Crippen LogP contribution is -2.34. The molecule has 0 atom stereocenters. The Hall–Kier alpha value is -4.38. The third kappa shape index (κ3) is 4.86. The maximum absolute atomic E-state index is 13.5. The lowest BCUT2D eigenvalue weighted by Gasteiger charge is -2.18. The number of carbonyl (C=O) groups is 1. The second-order valence-electron chi connectivity index (χ2n) is 8.27. The fourth-order valence-electron chi connectivity index (χ4n) is 4.12. The molecule has 0 unspecified atom stereocenters. The number of hydrogen-bond acceptors (Lipinski definition) is 7. The van der Waals surface area contributed by atoms with Gasteiger partial charge in [-0.05, 0) is 73.6 Å². The van der Waals surface area contributed by atoms with Gasteiger partial charge in [0.25, 0.3) is 11.6 Å². The molecule has 9 nitrogen and oxygen atoms in total. The van der Waals surface area contributed by atoms with Crippen molar-refractivity contribution in [2.45, 2.75) is 12.8 Å². The minimum Gasteiger partial charge on any atom is -0.436 e. The number of oxazole rings is 1. The summed E-state index contributed by atoms with van der Waals surface area (Å²) in [5.41, 5.74) is 2.58. The van der Waals surface area contributed by atoms with E-state index in [-0.39, 0.29) is 22.3 Å². The number of benzene rings is 3. The van der Waals surface area contributed by atoms with Gasteiger partial charge in [0.15, 0.2) is 10.7 Å². The van der Waals surface area contributed by atoms with E-state index in [0.29, 0.717) is 28.0 Å². The summed E-state index contributed by atoms with van der Waals surface area (Å²) in [5.74, 6) is -0.690. The number of halogens is 1. The van der Waals surface area contributed by atoms with E-state index < -0.39 is 16.6 Å². The predicted molar refractivity (Wildman–Crippen MR) is 138 cm³/mol. The van der Waals surface area contributed by atoms with Crippen molar-refractivity contribution in [1.29, 1.82) is 0 Å². The minimum absolute atomic E-state index is 0.0134. The van der Waals surface area contributed by atoms with Crippen molar-refractivity contribution in [2.75, 3.05) is 23.3 Å². The first-order chi connectivity index (χ1) is 17.4. The van der Waals surface area contributed by atoms with Crippen LogP contribution in [0.4, 0.5) is 21.5 Å². The van der Waals surface area contributed by atoms with E-state index in [0.717, 1.165) is 25.9 Å². The first-order valence-electron chi connectivity index (χ1n) is 11.2. The smallest absolute Gasteiger partial charge is 0.293 e. The molecule has 1 amide bonds. The zero-order valence-electron chi connectivity index (χ0n) is 18.9. The molecule has 0 bridgehead atoms. The van der Waals surface area contributed by atoms with Gasteiger partial charge in [0.2, 0.25) is 5.89 Å². The number of nitro benzene ring substituents is 1. The number of aromatic nitrogens is 1. The van der Waals surface area contributed by atoms with Crippen LogP contribution in [0.25, 0.3) is 22.6 Å². The monoisotopic (exact) mass is 505 g/mol. The van der Waals surface area contributed by atoms with E-state index in [1.54, 1.807) is 42.5 Å². The minimum atomic E-state index is -0.570. The average Bonchev–Trinajstić information content (AvgIpc) is 3.53. The van der Waals surface area contributed by atoms with Gasteiger partial charge in [-0.2, -0.15) is 0 Å². The van der Waals surface area contributed by atoms with Crippen molar-refractivity contribution in [1.82, 2.24) is 10.3 Å². The van der Waals surface area contributed by atoms with Crippen molar-refractivity contribution in [2.24, 2.45) is 0 Å². The van der Waals surface area contributed by atoms with Crippen LogP contribution in [-0.2, 0) is 0 Å². The third-order valence-corrected chi connectivity index (χ3v) is 6.03. The largest absolute Gasteiger partial charge is 0.436 e. The number of nitrogens with one attached hydrogen (secondary N) is 2. The van der Waals surface area contributed by atoms with Crippen LogP contribution in [0.1, 0.15) is 23.2 Å². The predicted octanol–water partition coefficient (Wildman–Crippen LogP) is 5.27. The Balaban J connectivity index is 1.29. The van der Waals surface area contributed by atoms with Gasteiger partial charge < -0.3 is 14.6 Å². The number of amides is 1. The van der Waals surface area contributed by atoms with Gasteiger partial charge in [0, 0.05) is 36.0 Å². The molecule has 2 heterocycles. The van der Waals surface area contributed by atoms with E-state index >= 15 is 0 Å².